The lowest BCUT2D eigenvalue weighted by Crippen LogP contribution is -2.48. The van der Waals surface area contributed by atoms with Crippen LogP contribution in [0.25, 0.3) is 0 Å². The molecule has 0 saturated carbocycles. The largest absolute Gasteiger partial charge is 0.480 e. The van der Waals surface area contributed by atoms with E-state index in [9.17, 15) is 13.2 Å². The standard InChI is InChI=1S/C13H19N3O4S/c1-10(13(17)18)21(19,20)15-11-5-8-16(9-6-11)12-4-2-3-7-14-12/h2-4,7,10-11,15H,5-6,8-9H2,1H3,(H,17,18). The Balaban J connectivity index is 1.91. The van der Waals surface area contributed by atoms with Crippen molar-refractivity contribution < 1.29 is 18.3 Å². The molecule has 21 heavy (non-hydrogen) atoms. The second-order valence-electron chi connectivity index (χ2n) is 5.09. The maximum absolute atomic E-state index is 11.9. The van der Waals surface area contributed by atoms with E-state index in [0.717, 1.165) is 5.82 Å². The number of hydrogen-bond donors (Lipinski definition) is 2. The van der Waals surface area contributed by atoms with Crippen molar-refractivity contribution in [1.29, 1.82) is 0 Å². The summed E-state index contributed by atoms with van der Waals surface area (Å²) in [4.78, 5) is 17.1. The molecule has 1 aromatic rings. The second-order valence-corrected chi connectivity index (χ2v) is 7.13. The van der Waals surface area contributed by atoms with Gasteiger partial charge in [-0.1, -0.05) is 6.07 Å². The number of nitrogens with zero attached hydrogens (tertiary/aromatic N) is 2. The second kappa shape index (κ2) is 6.40. The maximum atomic E-state index is 11.9. The molecular weight excluding hydrogens is 294 g/mol. The molecule has 2 N–H and O–H groups in total. The molecule has 0 bridgehead atoms. The molecule has 1 unspecified atom stereocenters. The van der Waals surface area contributed by atoms with E-state index < -0.39 is 21.2 Å². The summed E-state index contributed by atoms with van der Waals surface area (Å²) in [5, 5.41) is 7.36. The lowest BCUT2D eigenvalue weighted by Gasteiger charge is -2.33. The minimum atomic E-state index is -3.82. The smallest absolute Gasteiger partial charge is 0.323 e. The number of nitrogens with one attached hydrogen (secondary N) is 1. The fourth-order valence-electron chi connectivity index (χ4n) is 2.23. The topological polar surface area (TPSA) is 99.6 Å². The Bertz CT molecular complexity index is 583. The van der Waals surface area contributed by atoms with Gasteiger partial charge in [0.15, 0.2) is 5.25 Å². The van der Waals surface area contributed by atoms with Gasteiger partial charge in [-0.05, 0) is 31.9 Å². The highest BCUT2D eigenvalue weighted by molar-refractivity contribution is 7.90. The maximum Gasteiger partial charge on any atom is 0.323 e. The van der Waals surface area contributed by atoms with E-state index in [1.807, 2.05) is 18.2 Å². The van der Waals surface area contributed by atoms with Gasteiger partial charge in [0.2, 0.25) is 10.0 Å². The number of rotatable bonds is 5. The molecule has 1 atom stereocenters. The van der Waals surface area contributed by atoms with E-state index in [0.29, 0.717) is 25.9 Å². The highest BCUT2D eigenvalue weighted by Crippen LogP contribution is 2.18. The number of anilines is 1. The third-order valence-corrected chi connectivity index (χ3v) is 5.41. The molecule has 0 aromatic carbocycles. The number of aromatic nitrogens is 1. The minimum absolute atomic E-state index is 0.225. The van der Waals surface area contributed by atoms with E-state index in [1.165, 1.54) is 6.92 Å². The molecule has 1 fully saturated rings. The molecular formula is C13H19N3O4S. The van der Waals surface area contributed by atoms with E-state index >= 15 is 0 Å². The number of carboxylic acids is 1. The quantitative estimate of drug-likeness (QED) is 0.818. The number of hydrogen-bond acceptors (Lipinski definition) is 5. The molecule has 1 aliphatic heterocycles. The molecule has 2 rings (SSSR count). The van der Waals surface area contributed by atoms with Crippen LogP contribution in [0.5, 0.6) is 0 Å². The molecule has 116 valence electrons. The van der Waals surface area contributed by atoms with Crippen molar-refractivity contribution in [2.24, 2.45) is 0 Å². The summed E-state index contributed by atoms with van der Waals surface area (Å²) in [6.07, 6.45) is 2.98. The van der Waals surface area contributed by atoms with Crippen LogP contribution in [0.2, 0.25) is 0 Å². The zero-order valence-corrected chi connectivity index (χ0v) is 12.6. The van der Waals surface area contributed by atoms with Crippen molar-refractivity contribution in [2.45, 2.75) is 31.1 Å². The van der Waals surface area contributed by atoms with E-state index in [4.69, 9.17) is 5.11 Å². The van der Waals surface area contributed by atoms with Gasteiger partial charge in [0.25, 0.3) is 0 Å². The normalized spacial score (nSPS) is 18.4. The van der Waals surface area contributed by atoms with Crippen molar-refractivity contribution in [2.75, 3.05) is 18.0 Å². The van der Waals surface area contributed by atoms with Crippen molar-refractivity contribution in [3.8, 4) is 0 Å². The number of sulfonamides is 1. The van der Waals surface area contributed by atoms with Crippen LogP contribution >= 0.6 is 0 Å². The van der Waals surface area contributed by atoms with Gasteiger partial charge in [0.1, 0.15) is 5.82 Å². The van der Waals surface area contributed by atoms with Crippen molar-refractivity contribution >= 4 is 21.8 Å². The van der Waals surface area contributed by atoms with Crippen molar-refractivity contribution in [1.82, 2.24) is 9.71 Å². The van der Waals surface area contributed by atoms with E-state index in [-0.39, 0.29) is 6.04 Å². The van der Waals surface area contributed by atoms with Crippen LogP contribution in [0.15, 0.2) is 24.4 Å². The van der Waals surface area contributed by atoms with Gasteiger partial charge in [0, 0.05) is 25.3 Å². The molecule has 0 radical (unpaired) electrons. The fraction of sp³-hybridized carbons (Fsp3) is 0.538. The lowest BCUT2D eigenvalue weighted by molar-refractivity contribution is -0.136. The Morgan fingerprint density at radius 3 is 2.62 bits per heavy atom. The highest BCUT2D eigenvalue weighted by Gasteiger charge is 2.31. The van der Waals surface area contributed by atoms with Gasteiger partial charge in [-0.3, -0.25) is 4.79 Å². The Morgan fingerprint density at radius 2 is 2.10 bits per heavy atom. The van der Waals surface area contributed by atoms with Crippen LogP contribution in [-0.2, 0) is 14.8 Å². The summed E-state index contributed by atoms with van der Waals surface area (Å²) in [7, 11) is -3.82. The molecule has 0 spiro atoms. The molecule has 2 heterocycles. The Kier molecular flexibility index (Phi) is 4.79. The van der Waals surface area contributed by atoms with Crippen LogP contribution in [0.4, 0.5) is 5.82 Å². The van der Waals surface area contributed by atoms with Gasteiger partial charge in [-0.25, -0.2) is 18.1 Å². The molecule has 1 aliphatic rings. The average molecular weight is 313 g/mol. The number of carboxylic acid groups (broad SMARTS) is 1. The van der Waals surface area contributed by atoms with Gasteiger partial charge in [-0.2, -0.15) is 0 Å². The van der Waals surface area contributed by atoms with Crippen LogP contribution in [0.1, 0.15) is 19.8 Å². The van der Waals surface area contributed by atoms with Crippen molar-refractivity contribution in [3.63, 3.8) is 0 Å². The predicted octanol–water partition coefficient (Wildman–Crippen LogP) is 0.443. The number of carbonyl (C=O) groups is 1. The minimum Gasteiger partial charge on any atom is -0.480 e. The SMILES string of the molecule is CC(C(=O)O)S(=O)(=O)NC1CCN(c2ccccn2)CC1. The van der Waals surface area contributed by atoms with Crippen LogP contribution in [-0.4, -0.2) is 48.9 Å². The Morgan fingerprint density at radius 1 is 1.43 bits per heavy atom. The van der Waals surface area contributed by atoms with Gasteiger partial charge >= 0.3 is 5.97 Å². The highest BCUT2D eigenvalue weighted by atomic mass is 32.2. The molecule has 1 aromatic heterocycles. The monoisotopic (exact) mass is 313 g/mol. The zero-order valence-electron chi connectivity index (χ0n) is 11.8. The van der Waals surface area contributed by atoms with Crippen molar-refractivity contribution in [3.05, 3.63) is 24.4 Å². The first-order valence-electron chi connectivity index (χ1n) is 6.80. The Labute approximate surface area is 124 Å². The number of piperidine rings is 1. The predicted molar refractivity (Wildman–Crippen MR) is 78.6 cm³/mol. The van der Waals surface area contributed by atoms with E-state index in [1.54, 1.807) is 6.20 Å². The molecule has 7 nitrogen and oxygen atoms in total. The summed E-state index contributed by atoms with van der Waals surface area (Å²) in [5.41, 5.74) is 0. The fourth-order valence-corrected chi connectivity index (χ4v) is 3.40. The van der Waals surface area contributed by atoms with Gasteiger partial charge in [-0.15, -0.1) is 0 Å². The van der Waals surface area contributed by atoms with E-state index in [2.05, 4.69) is 14.6 Å². The van der Waals surface area contributed by atoms with Gasteiger partial charge < -0.3 is 10.0 Å². The third-order valence-electron chi connectivity index (χ3n) is 3.61. The molecule has 0 amide bonds. The first-order valence-corrected chi connectivity index (χ1v) is 8.34. The molecule has 0 aliphatic carbocycles. The zero-order chi connectivity index (χ0) is 15.5. The average Bonchev–Trinajstić information content (AvgIpc) is 2.47. The number of aliphatic carboxylic acids is 1. The third kappa shape index (κ3) is 3.92. The Hall–Kier alpha value is -1.67. The first-order chi connectivity index (χ1) is 9.90. The number of pyridine rings is 1. The summed E-state index contributed by atoms with van der Waals surface area (Å²) in [5.74, 6) is -0.467. The van der Waals surface area contributed by atoms with Crippen LogP contribution < -0.4 is 9.62 Å². The molecule has 8 heteroatoms. The summed E-state index contributed by atoms with van der Waals surface area (Å²) < 4.78 is 26.2. The summed E-state index contributed by atoms with van der Waals surface area (Å²) in [6, 6.07) is 5.44. The van der Waals surface area contributed by atoms with Gasteiger partial charge in [0.05, 0.1) is 0 Å². The van der Waals surface area contributed by atoms with Crippen LogP contribution in [0.3, 0.4) is 0 Å². The lowest BCUT2D eigenvalue weighted by atomic mass is 10.1. The molecule has 1 saturated heterocycles. The first kappa shape index (κ1) is 15.7. The van der Waals surface area contributed by atoms with Crippen LogP contribution in [0, 0.1) is 0 Å². The summed E-state index contributed by atoms with van der Waals surface area (Å²) in [6.45, 7) is 2.55. The summed E-state index contributed by atoms with van der Waals surface area (Å²) >= 11 is 0.